The third kappa shape index (κ3) is 3.37. The molecule has 2 N–H and O–H groups in total. The molecule has 0 aliphatic carbocycles. The number of carbonyl (C=O) groups excluding carboxylic acids is 1. The van der Waals surface area contributed by atoms with E-state index in [9.17, 15) is 17.6 Å². The molecule has 2 heterocycles. The molecule has 0 saturated heterocycles. The molecular formula is C21H19FN4O3S. The Morgan fingerprint density at radius 1 is 1.20 bits per heavy atom. The first kappa shape index (κ1) is 19.8. The van der Waals surface area contributed by atoms with E-state index < -0.39 is 15.8 Å². The van der Waals surface area contributed by atoms with Gasteiger partial charge in [0, 0.05) is 29.3 Å². The Kier molecular flexibility index (Phi) is 4.90. The number of benzene rings is 2. The van der Waals surface area contributed by atoms with Gasteiger partial charge in [0.2, 0.25) is 11.9 Å². The molecular weight excluding hydrogens is 407 g/mol. The molecule has 4 rings (SSSR count). The molecule has 154 valence electrons. The molecule has 0 aliphatic heterocycles. The summed E-state index contributed by atoms with van der Waals surface area (Å²) in [6, 6.07) is 11.9. The molecule has 0 fully saturated rings. The van der Waals surface area contributed by atoms with Crippen LogP contribution in [0.3, 0.4) is 0 Å². The number of hydrogen-bond donors (Lipinski definition) is 2. The van der Waals surface area contributed by atoms with Gasteiger partial charge >= 0.3 is 0 Å². The molecule has 0 unspecified atom stereocenters. The molecule has 7 nitrogen and oxygen atoms in total. The highest BCUT2D eigenvalue weighted by molar-refractivity contribution is 7.90. The zero-order valence-corrected chi connectivity index (χ0v) is 17.1. The highest BCUT2D eigenvalue weighted by Gasteiger charge is 2.24. The first-order valence-corrected chi connectivity index (χ1v) is 10.7. The van der Waals surface area contributed by atoms with Crippen molar-refractivity contribution in [3.63, 3.8) is 0 Å². The maximum atomic E-state index is 14.0. The monoisotopic (exact) mass is 426 g/mol. The number of rotatable bonds is 5. The molecule has 2 aromatic heterocycles. The van der Waals surface area contributed by atoms with Crippen molar-refractivity contribution in [2.45, 2.75) is 25.2 Å². The van der Waals surface area contributed by atoms with Crippen molar-refractivity contribution in [3.05, 3.63) is 66.2 Å². The second kappa shape index (κ2) is 7.42. The van der Waals surface area contributed by atoms with Gasteiger partial charge in [0.25, 0.3) is 10.0 Å². The lowest BCUT2D eigenvalue weighted by atomic mass is 10.1. The van der Waals surface area contributed by atoms with Crippen LogP contribution in [0.1, 0.15) is 19.0 Å². The van der Waals surface area contributed by atoms with E-state index in [2.05, 4.69) is 15.3 Å². The second-order valence-electron chi connectivity index (χ2n) is 6.78. The van der Waals surface area contributed by atoms with E-state index in [0.29, 0.717) is 27.9 Å². The van der Waals surface area contributed by atoms with Crippen molar-refractivity contribution in [1.29, 1.82) is 0 Å². The summed E-state index contributed by atoms with van der Waals surface area (Å²) in [5, 5.41) is 3.04. The predicted octanol–water partition coefficient (Wildman–Crippen LogP) is 4.06. The third-order valence-electron chi connectivity index (χ3n) is 4.75. The zero-order chi connectivity index (χ0) is 21.5. The van der Waals surface area contributed by atoms with Crippen molar-refractivity contribution < 1.29 is 17.6 Å². The number of aromatic amines is 1. The lowest BCUT2D eigenvalue weighted by molar-refractivity contribution is -0.115. The maximum absolute atomic E-state index is 14.0. The number of nitrogens with one attached hydrogen (secondary N) is 2. The van der Waals surface area contributed by atoms with Crippen LogP contribution in [0.4, 0.5) is 10.3 Å². The number of nitrogens with zero attached hydrogens (tertiary/aromatic N) is 2. The van der Waals surface area contributed by atoms with Gasteiger partial charge in [-0.2, -0.15) is 0 Å². The number of H-pyrrole nitrogens is 1. The van der Waals surface area contributed by atoms with Crippen LogP contribution in [0, 0.1) is 12.7 Å². The van der Waals surface area contributed by atoms with Gasteiger partial charge in [0.05, 0.1) is 16.1 Å². The number of aryl methyl sites for hydroxylation is 1. The summed E-state index contributed by atoms with van der Waals surface area (Å²) in [6.45, 7) is 3.47. The first-order chi connectivity index (χ1) is 14.3. The van der Waals surface area contributed by atoms with Gasteiger partial charge in [0.15, 0.2) is 0 Å². The summed E-state index contributed by atoms with van der Waals surface area (Å²) in [5.74, 6) is -0.459. The smallest absolute Gasteiger partial charge is 0.268 e. The van der Waals surface area contributed by atoms with Gasteiger partial charge in [-0.05, 0) is 37.3 Å². The van der Waals surface area contributed by atoms with E-state index >= 15 is 0 Å². The first-order valence-electron chi connectivity index (χ1n) is 9.29. The van der Waals surface area contributed by atoms with E-state index in [1.165, 1.54) is 36.5 Å². The van der Waals surface area contributed by atoms with Crippen LogP contribution in [0.5, 0.6) is 0 Å². The van der Waals surface area contributed by atoms with E-state index in [0.717, 1.165) is 3.97 Å². The Morgan fingerprint density at radius 2 is 1.93 bits per heavy atom. The quantitative estimate of drug-likeness (QED) is 0.503. The summed E-state index contributed by atoms with van der Waals surface area (Å²) >= 11 is 0. The second-order valence-corrected chi connectivity index (χ2v) is 8.59. The highest BCUT2D eigenvalue weighted by Crippen LogP contribution is 2.34. The molecule has 1 amide bonds. The molecule has 4 aromatic rings. The summed E-state index contributed by atoms with van der Waals surface area (Å²) in [4.78, 5) is 19.2. The van der Waals surface area contributed by atoms with Gasteiger partial charge in [-0.3, -0.25) is 10.1 Å². The number of anilines is 1. The van der Waals surface area contributed by atoms with Crippen molar-refractivity contribution in [1.82, 2.24) is 13.9 Å². The number of fused-ring (bicyclic) bond motifs is 1. The average molecular weight is 426 g/mol. The zero-order valence-electron chi connectivity index (χ0n) is 16.3. The molecule has 0 spiro atoms. The molecule has 0 bridgehead atoms. The Morgan fingerprint density at radius 3 is 2.63 bits per heavy atom. The molecule has 0 aliphatic rings. The Labute approximate surface area is 172 Å². The lowest BCUT2D eigenvalue weighted by Crippen LogP contribution is -2.11. The Bertz CT molecular complexity index is 1360. The summed E-state index contributed by atoms with van der Waals surface area (Å²) in [7, 11) is -3.91. The van der Waals surface area contributed by atoms with Gasteiger partial charge in [-0.25, -0.2) is 21.8 Å². The minimum absolute atomic E-state index is 0.118. The number of hydrogen-bond acceptors (Lipinski definition) is 4. The van der Waals surface area contributed by atoms with Gasteiger partial charge in [0.1, 0.15) is 5.82 Å². The van der Waals surface area contributed by atoms with Crippen molar-refractivity contribution in [2.75, 3.05) is 5.32 Å². The minimum atomic E-state index is -3.91. The van der Waals surface area contributed by atoms with Crippen LogP contribution in [0.25, 0.3) is 22.2 Å². The van der Waals surface area contributed by atoms with Crippen LogP contribution in [-0.2, 0) is 14.8 Å². The maximum Gasteiger partial charge on any atom is 0.268 e. The Hall–Kier alpha value is -3.46. The standard InChI is InChI=1S/C21H19FN4O3S/c1-3-19(27)24-21-23-13(2)20(25-21)17-12-26(18-10-9-14(22)11-16(17)18)30(28,29)15-7-5-4-6-8-15/h4-12H,3H2,1-2H3,(H2,23,24,25,27). The number of amides is 1. The molecule has 0 radical (unpaired) electrons. The van der Waals surface area contributed by atoms with Crippen LogP contribution in [0.2, 0.25) is 0 Å². The fourth-order valence-corrected chi connectivity index (χ4v) is 4.66. The largest absolute Gasteiger partial charge is 0.328 e. The fraction of sp³-hybridized carbons (Fsp3) is 0.143. The predicted molar refractivity (Wildman–Crippen MR) is 112 cm³/mol. The van der Waals surface area contributed by atoms with Crippen LogP contribution in [-0.4, -0.2) is 28.3 Å². The van der Waals surface area contributed by atoms with E-state index in [1.807, 2.05) is 0 Å². The number of imidazole rings is 1. The summed E-state index contributed by atoms with van der Waals surface area (Å²) in [5.41, 5.74) is 1.81. The molecule has 9 heteroatoms. The van der Waals surface area contributed by atoms with Crippen LogP contribution in [0.15, 0.2) is 59.6 Å². The van der Waals surface area contributed by atoms with Crippen LogP contribution >= 0.6 is 0 Å². The lowest BCUT2D eigenvalue weighted by Gasteiger charge is -2.07. The minimum Gasteiger partial charge on any atom is -0.328 e. The van der Waals surface area contributed by atoms with Crippen LogP contribution < -0.4 is 5.32 Å². The molecule has 0 saturated carbocycles. The van der Waals surface area contributed by atoms with E-state index in [-0.39, 0.29) is 23.2 Å². The topological polar surface area (TPSA) is 96.8 Å². The highest BCUT2D eigenvalue weighted by atomic mass is 32.2. The van der Waals surface area contributed by atoms with Crippen molar-refractivity contribution in [2.24, 2.45) is 0 Å². The molecule has 30 heavy (non-hydrogen) atoms. The third-order valence-corrected chi connectivity index (χ3v) is 6.44. The van der Waals surface area contributed by atoms with Gasteiger partial charge in [-0.1, -0.05) is 25.1 Å². The normalized spacial score (nSPS) is 11.7. The average Bonchev–Trinajstić information content (AvgIpc) is 3.28. The van der Waals surface area contributed by atoms with Crippen molar-refractivity contribution in [3.8, 4) is 11.3 Å². The van der Waals surface area contributed by atoms with Crippen molar-refractivity contribution >= 4 is 32.8 Å². The number of carbonyl (C=O) groups is 1. The fourth-order valence-electron chi connectivity index (χ4n) is 3.27. The number of halogens is 1. The number of aromatic nitrogens is 3. The summed E-state index contributed by atoms with van der Waals surface area (Å²) < 4.78 is 41.6. The summed E-state index contributed by atoms with van der Waals surface area (Å²) in [6.07, 6.45) is 1.72. The molecule has 2 aromatic carbocycles. The van der Waals surface area contributed by atoms with E-state index in [1.54, 1.807) is 32.0 Å². The van der Waals surface area contributed by atoms with Gasteiger partial charge in [-0.15, -0.1) is 0 Å². The van der Waals surface area contributed by atoms with Gasteiger partial charge < -0.3 is 4.98 Å². The SMILES string of the molecule is CCC(=O)Nc1nc(-c2cn(S(=O)(=O)c3ccccc3)c3ccc(F)cc23)c(C)[nH]1. The Balaban J connectivity index is 1.93. The molecule has 0 atom stereocenters. The van der Waals surface area contributed by atoms with E-state index in [4.69, 9.17) is 0 Å².